The maximum Gasteiger partial charge on any atom is 1.00 e. The molecular weight excluding hydrogens is 382 g/mol. The summed E-state index contributed by atoms with van der Waals surface area (Å²) >= 11 is 2.26. The van der Waals surface area contributed by atoms with Crippen molar-refractivity contribution in [3.63, 3.8) is 0 Å². The van der Waals surface area contributed by atoms with E-state index in [-0.39, 0.29) is 41.1 Å². The van der Waals surface area contributed by atoms with Gasteiger partial charge in [0.15, 0.2) is 0 Å². The monoisotopic (exact) mass is 410 g/mol. The van der Waals surface area contributed by atoms with Crippen molar-refractivity contribution >= 4 is 22.6 Å². The summed E-state index contributed by atoms with van der Waals surface area (Å²) in [6, 6.07) is 15.9. The fourth-order valence-electron chi connectivity index (χ4n) is 1.25. The summed E-state index contributed by atoms with van der Waals surface area (Å²) in [6.07, 6.45) is 0. The molecule has 0 spiro atoms. The van der Waals surface area contributed by atoms with Gasteiger partial charge >= 0.3 is 18.9 Å². The Labute approximate surface area is 162 Å². The van der Waals surface area contributed by atoms with Crippen LogP contribution in [0, 0.1) is 17.9 Å². The van der Waals surface area contributed by atoms with Gasteiger partial charge in [0.05, 0.1) is 14.2 Å². The predicted molar refractivity (Wildman–Crippen MR) is 103 cm³/mol. The average Bonchev–Trinajstić information content (AvgIpc) is 2.41. The second-order valence-corrected chi connectivity index (χ2v) is 4.92. The maximum atomic E-state index is 4.97. The Kier molecular flexibility index (Phi) is 22.4. The summed E-state index contributed by atoms with van der Waals surface area (Å²) < 4.78 is 11.2. The number of aryl methyl sites for hydroxylation is 1. The minimum absolute atomic E-state index is 0. The second-order valence-electron chi connectivity index (χ2n) is 3.68. The third-order valence-corrected chi connectivity index (χ3v) is 3.03. The van der Waals surface area contributed by atoms with Crippen LogP contribution in [0.4, 0.5) is 0 Å². The van der Waals surface area contributed by atoms with Gasteiger partial charge in [0.1, 0.15) is 11.5 Å². The van der Waals surface area contributed by atoms with Gasteiger partial charge in [0.25, 0.3) is 0 Å². The Hall–Kier alpha value is -0.633. The van der Waals surface area contributed by atoms with Crippen molar-refractivity contribution in [1.82, 2.24) is 0 Å². The van der Waals surface area contributed by atoms with Crippen LogP contribution in [-0.2, 0) is 0 Å². The molecule has 2 aromatic carbocycles. The van der Waals surface area contributed by atoms with Crippen LogP contribution in [0.25, 0.3) is 0 Å². The van der Waals surface area contributed by atoms with Gasteiger partial charge in [-0.25, -0.2) is 0 Å². The molecule has 0 saturated heterocycles. The van der Waals surface area contributed by atoms with E-state index >= 15 is 0 Å². The zero-order valence-corrected chi connectivity index (χ0v) is 15.0. The first-order valence-corrected chi connectivity index (χ1v) is 6.64. The van der Waals surface area contributed by atoms with E-state index in [0.29, 0.717) is 0 Å². The van der Waals surface area contributed by atoms with E-state index in [1.807, 2.05) is 48.5 Å². The van der Waals surface area contributed by atoms with E-state index in [1.165, 1.54) is 9.13 Å². The van der Waals surface area contributed by atoms with Crippen molar-refractivity contribution in [2.45, 2.75) is 21.8 Å². The van der Waals surface area contributed by atoms with E-state index in [1.54, 1.807) is 14.2 Å². The van der Waals surface area contributed by atoms with Crippen LogP contribution < -0.4 is 28.3 Å². The molecule has 0 aliphatic heterocycles. The fourth-order valence-corrected chi connectivity index (χ4v) is 1.60. The number of benzene rings is 2. The quantitative estimate of drug-likeness (QED) is 0.431. The molecule has 0 aromatic heterocycles. The van der Waals surface area contributed by atoms with E-state index in [2.05, 4.69) is 29.5 Å². The zero-order valence-electron chi connectivity index (χ0n) is 12.8. The molecule has 0 aliphatic carbocycles. The summed E-state index contributed by atoms with van der Waals surface area (Å²) in [7, 11) is 3.34. The minimum Gasteiger partial charge on any atom is -0.497 e. The van der Waals surface area contributed by atoms with Crippen molar-refractivity contribution < 1.29 is 28.3 Å². The smallest absolute Gasteiger partial charge is 0.497 e. The van der Waals surface area contributed by atoms with Gasteiger partial charge in [-0.15, -0.1) is 0 Å². The Morgan fingerprint density at radius 3 is 1.36 bits per heavy atom. The van der Waals surface area contributed by atoms with E-state index < -0.39 is 0 Å². The van der Waals surface area contributed by atoms with Gasteiger partial charge in [0, 0.05) is 3.57 Å². The van der Waals surface area contributed by atoms with Gasteiger partial charge in [-0.2, -0.15) is 0 Å². The zero-order chi connectivity index (χ0) is 13.4. The molecule has 120 valence electrons. The molecule has 0 fully saturated rings. The fraction of sp³-hybridized carbons (Fsp3) is 0.278. The number of hydrogen-bond donors (Lipinski definition) is 0. The Morgan fingerprint density at radius 2 is 1.05 bits per heavy atom. The van der Waals surface area contributed by atoms with Crippen molar-refractivity contribution in [2.24, 2.45) is 0 Å². The van der Waals surface area contributed by atoms with Crippen LogP contribution in [0.1, 0.15) is 20.4 Å². The number of halogens is 1. The summed E-state index contributed by atoms with van der Waals surface area (Å²) in [6.45, 7) is 2.06. The average molecular weight is 410 g/mol. The van der Waals surface area contributed by atoms with Crippen LogP contribution in [0.5, 0.6) is 11.5 Å². The van der Waals surface area contributed by atoms with Gasteiger partial charge in [-0.05, 0) is 65.9 Å². The Morgan fingerprint density at radius 1 is 0.727 bits per heavy atom. The van der Waals surface area contributed by atoms with Crippen molar-refractivity contribution in [1.29, 1.82) is 0 Å². The molecule has 4 heteroatoms. The molecule has 0 unspecified atom stereocenters. The van der Waals surface area contributed by atoms with Crippen molar-refractivity contribution in [3.8, 4) is 11.5 Å². The molecule has 0 amide bonds. The van der Waals surface area contributed by atoms with Crippen LogP contribution in [0.15, 0.2) is 48.5 Å². The van der Waals surface area contributed by atoms with Gasteiger partial charge < -0.3 is 16.9 Å². The van der Waals surface area contributed by atoms with Crippen LogP contribution in [-0.4, -0.2) is 14.2 Å². The van der Waals surface area contributed by atoms with Gasteiger partial charge in [0.2, 0.25) is 0 Å². The first kappa shape index (κ1) is 29.4. The minimum atomic E-state index is 0. The van der Waals surface area contributed by atoms with E-state index in [9.17, 15) is 0 Å². The molecule has 2 aromatic rings. The topological polar surface area (TPSA) is 18.5 Å². The molecule has 0 N–H and O–H groups in total. The van der Waals surface area contributed by atoms with E-state index in [0.717, 1.165) is 11.5 Å². The Balaban J connectivity index is -0.000000125. The molecule has 2 rings (SSSR count). The molecule has 0 bridgehead atoms. The Bertz CT molecular complexity index is 410. The summed E-state index contributed by atoms with van der Waals surface area (Å²) in [5, 5.41) is 0. The van der Waals surface area contributed by atoms with Gasteiger partial charge in [-0.1, -0.05) is 32.5 Å². The molecular formula is C18H28ILiO2. The normalized spacial score (nSPS) is 7.45. The first-order valence-electron chi connectivity index (χ1n) is 5.56. The summed E-state index contributed by atoms with van der Waals surface area (Å²) in [5.41, 5.74) is 1.26. The molecule has 0 heterocycles. The number of rotatable bonds is 2. The van der Waals surface area contributed by atoms with Crippen LogP contribution in [0.3, 0.4) is 0 Å². The molecule has 0 saturated carbocycles. The molecule has 0 aliphatic rings. The SMILES string of the molecule is C.C.COc1ccc(C)cc1.COc1ccc(I)cc1.[CH3-].[Li+]. The largest absolute Gasteiger partial charge is 1.00 e. The van der Waals surface area contributed by atoms with Gasteiger partial charge in [-0.3, -0.25) is 0 Å². The number of hydrogen-bond acceptors (Lipinski definition) is 2. The number of methoxy groups -OCH3 is 2. The molecule has 0 atom stereocenters. The number of ether oxygens (including phenoxy) is 2. The standard InChI is InChI=1S/C8H10O.C7H7IO.2CH4.CH3.Li/c1-7-3-5-8(9-2)6-4-7;1-9-7-4-2-6(8)3-5-7;;;;/h3-6H,1-2H3;2-5H,1H3;2*1H4;1H3;/q;;;;-1;+1. The van der Waals surface area contributed by atoms with Crippen LogP contribution in [0.2, 0.25) is 0 Å². The molecule has 0 radical (unpaired) electrons. The summed E-state index contributed by atoms with van der Waals surface area (Å²) in [5.74, 6) is 1.83. The molecule has 2 nitrogen and oxygen atoms in total. The molecule has 22 heavy (non-hydrogen) atoms. The maximum absolute atomic E-state index is 4.97. The van der Waals surface area contributed by atoms with Crippen molar-refractivity contribution in [2.75, 3.05) is 14.2 Å². The van der Waals surface area contributed by atoms with E-state index in [4.69, 9.17) is 9.47 Å². The predicted octanol–water partition coefficient (Wildman–Crippen LogP) is 3.03. The third-order valence-electron chi connectivity index (χ3n) is 2.31. The van der Waals surface area contributed by atoms with Crippen LogP contribution >= 0.6 is 22.6 Å². The van der Waals surface area contributed by atoms with Crippen molar-refractivity contribution in [3.05, 3.63) is 65.1 Å². The second kappa shape index (κ2) is 16.7. The first-order chi connectivity index (χ1) is 8.65. The summed E-state index contributed by atoms with van der Waals surface area (Å²) in [4.78, 5) is 0. The third kappa shape index (κ3) is 12.0.